The Hall–Kier alpha value is -2.93. The van der Waals surface area contributed by atoms with Crippen molar-refractivity contribution in [1.29, 1.82) is 0 Å². The Bertz CT molecular complexity index is 852. The maximum absolute atomic E-state index is 12.3. The maximum atomic E-state index is 12.3. The van der Waals surface area contributed by atoms with Gasteiger partial charge >= 0.3 is 5.97 Å². The Labute approximate surface area is 162 Å². The molecule has 0 heterocycles. The Morgan fingerprint density at radius 2 is 1.67 bits per heavy atom. The molecule has 2 aromatic rings. The van der Waals surface area contributed by atoms with E-state index >= 15 is 0 Å². The Balaban J connectivity index is 2.20. The molecule has 7 nitrogen and oxygen atoms in total. The van der Waals surface area contributed by atoms with Gasteiger partial charge in [0.25, 0.3) is 5.91 Å². The van der Waals surface area contributed by atoms with Crippen LogP contribution < -0.4 is 19.5 Å². The highest BCUT2D eigenvalue weighted by atomic mass is 35.5. The standard InChI is InChI=1S/C19H20ClNO6/c1-11-5-6-13(20)15(7-11)27-10-18(22)21-14-9-17(25-3)16(24-2)8-12(14)19(23)26-4/h5-9H,10H2,1-4H3,(H,21,22). The first-order valence-electron chi connectivity index (χ1n) is 7.92. The molecule has 1 N–H and O–H groups in total. The smallest absolute Gasteiger partial charge is 0.340 e. The number of esters is 1. The molecule has 0 fully saturated rings. The molecule has 0 aliphatic heterocycles. The highest BCUT2D eigenvalue weighted by Gasteiger charge is 2.19. The quantitative estimate of drug-likeness (QED) is 0.725. The molecule has 27 heavy (non-hydrogen) atoms. The molecule has 0 radical (unpaired) electrons. The van der Waals surface area contributed by atoms with Gasteiger partial charge in [-0.3, -0.25) is 4.79 Å². The van der Waals surface area contributed by atoms with Gasteiger partial charge in [-0.05, 0) is 24.6 Å². The van der Waals surface area contributed by atoms with Crippen LogP contribution in [-0.4, -0.2) is 39.8 Å². The summed E-state index contributed by atoms with van der Waals surface area (Å²) in [6, 6.07) is 8.16. The zero-order valence-corrected chi connectivity index (χ0v) is 16.2. The molecule has 0 atom stereocenters. The van der Waals surface area contributed by atoms with E-state index in [4.69, 9.17) is 30.5 Å². The molecule has 0 unspecified atom stereocenters. The summed E-state index contributed by atoms with van der Waals surface area (Å²) in [6.07, 6.45) is 0. The van der Waals surface area contributed by atoms with Crippen molar-refractivity contribution < 1.29 is 28.5 Å². The van der Waals surface area contributed by atoms with Crippen LogP contribution in [-0.2, 0) is 9.53 Å². The number of nitrogens with one attached hydrogen (secondary N) is 1. The molecule has 0 aliphatic carbocycles. The minimum atomic E-state index is -0.631. The number of rotatable bonds is 7. The van der Waals surface area contributed by atoms with Gasteiger partial charge in [-0.15, -0.1) is 0 Å². The van der Waals surface area contributed by atoms with Crippen molar-refractivity contribution in [3.05, 3.63) is 46.5 Å². The number of ether oxygens (including phenoxy) is 4. The van der Waals surface area contributed by atoms with E-state index in [0.717, 1.165) is 5.56 Å². The molecular weight excluding hydrogens is 374 g/mol. The molecule has 0 spiro atoms. The predicted molar refractivity (Wildman–Crippen MR) is 101 cm³/mol. The molecule has 0 aromatic heterocycles. The van der Waals surface area contributed by atoms with Crippen LogP contribution in [0.15, 0.2) is 30.3 Å². The van der Waals surface area contributed by atoms with Crippen molar-refractivity contribution in [1.82, 2.24) is 0 Å². The minimum Gasteiger partial charge on any atom is -0.493 e. The number of halogens is 1. The van der Waals surface area contributed by atoms with Gasteiger partial charge in [0.15, 0.2) is 18.1 Å². The zero-order chi connectivity index (χ0) is 20.0. The second-order valence-corrected chi connectivity index (χ2v) is 5.92. The summed E-state index contributed by atoms with van der Waals surface area (Å²) < 4.78 is 20.6. The lowest BCUT2D eigenvalue weighted by molar-refractivity contribution is -0.118. The van der Waals surface area contributed by atoms with Crippen LogP contribution in [0.1, 0.15) is 15.9 Å². The fourth-order valence-corrected chi connectivity index (χ4v) is 2.48. The molecular formula is C19H20ClNO6. The van der Waals surface area contributed by atoms with Crippen LogP contribution in [0.3, 0.4) is 0 Å². The van der Waals surface area contributed by atoms with Crippen LogP contribution in [0.4, 0.5) is 5.69 Å². The van der Waals surface area contributed by atoms with E-state index in [2.05, 4.69) is 5.32 Å². The lowest BCUT2D eigenvalue weighted by atomic mass is 10.1. The summed E-state index contributed by atoms with van der Waals surface area (Å²) in [6.45, 7) is 1.59. The Morgan fingerprint density at radius 1 is 1.00 bits per heavy atom. The van der Waals surface area contributed by atoms with Crippen LogP contribution in [0, 0.1) is 6.92 Å². The van der Waals surface area contributed by atoms with E-state index in [1.807, 2.05) is 13.0 Å². The largest absolute Gasteiger partial charge is 0.493 e. The number of carbonyl (C=O) groups is 2. The number of aryl methyl sites for hydroxylation is 1. The monoisotopic (exact) mass is 393 g/mol. The average molecular weight is 394 g/mol. The third-order valence-electron chi connectivity index (χ3n) is 3.65. The molecule has 0 saturated heterocycles. The first-order valence-corrected chi connectivity index (χ1v) is 8.30. The van der Waals surface area contributed by atoms with Gasteiger partial charge in [0, 0.05) is 12.1 Å². The third-order valence-corrected chi connectivity index (χ3v) is 3.96. The highest BCUT2D eigenvalue weighted by molar-refractivity contribution is 6.32. The number of anilines is 1. The molecule has 2 rings (SSSR count). The zero-order valence-electron chi connectivity index (χ0n) is 15.4. The van der Waals surface area contributed by atoms with Gasteiger partial charge < -0.3 is 24.3 Å². The van der Waals surface area contributed by atoms with E-state index in [0.29, 0.717) is 22.3 Å². The van der Waals surface area contributed by atoms with Crippen LogP contribution >= 0.6 is 11.6 Å². The van der Waals surface area contributed by atoms with Gasteiger partial charge in [-0.2, -0.15) is 0 Å². The average Bonchev–Trinajstić information content (AvgIpc) is 2.67. The number of hydrogen-bond donors (Lipinski definition) is 1. The molecule has 144 valence electrons. The van der Waals surface area contributed by atoms with Crippen molar-refractivity contribution in [3.8, 4) is 17.2 Å². The van der Waals surface area contributed by atoms with E-state index in [9.17, 15) is 9.59 Å². The summed E-state index contributed by atoms with van der Waals surface area (Å²) in [5, 5.41) is 3.01. The molecule has 2 aromatic carbocycles. The van der Waals surface area contributed by atoms with Gasteiger partial charge in [0.2, 0.25) is 0 Å². The van der Waals surface area contributed by atoms with Crippen molar-refractivity contribution in [2.75, 3.05) is 33.3 Å². The van der Waals surface area contributed by atoms with Crippen molar-refractivity contribution in [2.24, 2.45) is 0 Å². The number of amides is 1. The van der Waals surface area contributed by atoms with Gasteiger partial charge in [-0.25, -0.2) is 4.79 Å². The SMILES string of the molecule is COC(=O)c1cc(OC)c(OC)cc1NC(=O)COc1cc(C)ccc1Cl. The van der Waals surface area contributed by atoms with Crippen LogP contribution in [0.2, 0.25) is 5.02 Å². The van der Waals surface area contributed by atoms with Gasteiger partial charge in [0.1, 0.15) is 5.75 Å². The lowest BCUT2D eigenvalue weighted by Crippen LogP contribution is -2.22. The first kappa shape index (κ1) is 20.4. The summed E-state index contributed by atoms with van der Waals surface area (Å²) in [5.74, 6) is -0.0343. The maximum Gasteiger partial charge on any atom is 0.340 e. The second kappa shape index (κ2) is 9.14. The Morgan fingerprint density at radius 3 is 2.30 bits per heavy atom. The fourth-order valence-electron chi connectivity index (χ4n) is 2.31. The molecule has 8 heteroatoms. The third kappa shape index (κ3) is 5.04. The van der Waals surface area contributed by atoms with Gasteiger partial charge in [0.05, 0.1) is 37.6 Å². The predicted octanol–water partition coefficient (Wildman–Crippen LogP) is 3.47. The topological polar surface area (TPSA) is 83.1 Å². The van der Waals surface area contributed by atoms with Crippen molar-refractivity contribution in [3.63, 3.8) is 0 Å². The van der Waals surface area contributed by atoms with E-state index in [1.54, 1.807) is 12.1 Å². The summed E-state index contributed by atoms with van der Waals surface area (Å²) in [5.41, 5.74) is 1.28. The molecule has 1 amide bonds. The summed E-state index contributed by atoms with van der Waals surface area (Å²) in [7, 11) is 4.13. The van der Waals surface area contributed by atoms with E-state index in [-0.39, 0.29) is 17.9 Å². The van der Waals surface area contributed by atoms with Crippen molar-refractivity contribution in [2.45, 2.75) is 6.92 Å². The molecule has 0 bridgehead atoms. The van der Waals surface area contributed by atoms with E-state index in [1.165, 1.54) is 33.5 Å². The second-order valence-electron chi connectivity index (χ2n) is 5.52. The minimum absolute atomic E-state index is 0.122. The van der Waals surface area contributed by atoms with E-state index < -0.39 is 11.9 Å². The number of hydrogen-bond acceptors (Lipinski definition) is 6. The van der Waals surface area contributed by atoms with Crippen LogP contribution in [0.25, 0.3) is 0 Å². The van der Waals surface area contributed by atoms with Crippen LogP contribution in [0.5, 0.6) is 17.2 Å². The summed E-state index contributed by atoms with van der Waals surface area (Å²) >= 11 is 6.05. The first-order chi connectivity index (χ1) is 12.9. The number of methoxy groups -OCH3 is 3. The normalized spacial score (nSPS) is 10.1. The molecule has 0 aliphatic rings. The molecule has 0 saturated carbocycles. The Kier molecular flexibility index (Phi) is 6.90. The summed E-state index contributed by atoms with van der Waals surface area (Å²) in [4.78, 5) is 24.3. The van der Waals surface area contributed by atoms with Crippen molar-refractivity contribution >= 4 is 29.2 Å². The highest BCUT2D eigenvalue weighted by Crippen LogP contribution is 2.34. The number of carbonyl (C=O) groups excluding carboxylic acids is 2. The lowest BCUT2D eigenvalue weighted by Gasteiger charge is -2.15. The van der Waals surface area contributed by atoms with Gasteiger partial charge in [-0.1, -0.05) is 17.7 Å². The number of benzene rings is 2. The fraction of sp³-hybridized carbons (Fsp3) is 0.263.